The summed E-state index contributed by atoms with van der Waals surface area (Å²) in [6.45, 7) is 0.806. The Labute approximate surface area is 138 Å². The molecule has 0 heterocycles. The molecule has 0 spiro atoms. The number of halogens is 1. The van der Waals surface area contributed by atoms with E-state index in [1.165, 1.54) is 9.13 Å². The highest BCUT2D eigenvalue weighted by Crippen LogP contribution is 2.10. The number of hydrogen-bond acceptors (Lipinski definition) is 2. The third-order valence-corrected chi connectivity index (χ3v) is 3.67. The molecule has 2 rings (SSSR count). The Morgan fingerprint density at radius 3 is 2.60 bits per heavy atom. The van der Waals surface area contributed by atoms with Crippen molar-refractivity contribution in [2.75, 3.05) is 17.6 Å². The van der Waals surface area contributed by atoms with E-state index in [0.717, 1.165) is 24.3 Å². The Kier molecular flexibility index (Phi) is 5.60. The number of nitrogens with two attached hydrogens (primary N) is 1. The number of hydrogen-bond donors (Lipinski definition) is 3. The molecule has 5 heteroatoms. The lowest BCUT2D eigenvalue weighted by atomic mass is 10.1. The maximum absolute atomic E-state index is 5.64. The Morgan fingerprint density at radius 1 is 1.15 bits per heavy atom. The average molecular weight is 397 g/mol. The number of nitrogens with one attached hydrogen (secondary N) is 2. The molecule has 2 aromatic carbocycles. The smallest absolute Gasteiger partial charge is 0.170 e. The van der Waals surface area contributed by atoms with Crippen LogP contribution in [0.3, 0.4) is 0 Å². The molecule has 0 aliphatic carbocycles. The zero-order valence-electron chi connectivity index (χ0n) is 10.9. The summed E-state index contributed by atoms with van der Waals surface area (Å²) in [5, 5.41) is 6.96. The number of rotatable bonds is 4. The third-order valence-electron chi connectivity index (χ3n) is 2.76. The lowest BCUT2D eigenvalue weighted by Crippen LogP contribution is -2.30. The van der Waals surface area contributed by atoms with E-state index in [1.54, 1.807) is 0 Å². The summed E-state index contributed by atoms with van der Waals surface area (Å²) >= 11 is 7.57. The van der Waals surface area contributed by atoms with E-state index in [4.69, 9.17) is 18.0 Å². The second-order valence-electron chi connectivity index (χ2n) is 4.38. The van der Waals surface area contributed by atoms with E-state index in [1.807, 2.05) is 24.3 Å². The monoisotopic (exact) mass is 397 g/mol. The Hall–Kier alpha value is -1.34. The van der Waals surface area contributed by atoms with Crippen molar-refractivity contribution in [3.05, 3.63) is 57.7 Å². The van der Waals surface area contributed by atoms with Crippen LogP contribution in [0.15, 0.2) is 48.5 Å². The van der Waals surface area contributed by atoms with Crippen molar-refractivity contribution < 1.29 is 0 Å². The van der Waals surface area contributed by atoms with Crippen molar-refractivity contribution in [2.45, 2.75) is 6.42 Å². The molecule has 0 radical (unpaired) electrons. The van der Waals surface area contributed by atoms with Gasteiger partial charge in [0.25, 0.3) is 0 Å². The molecule has 20 heavy (non-hydrogen) atoms. The van der Waals surface area contributed by atoms with E-state index in [9.17, 15) is 0 Å². The average Bonchev–Trinajstić information content (AvgIpc) is 2.41. The first-order chi connectivity index (χ1) is 9.63. The maximum atomic E-state index is 5.64. The fraction of sp³-hybridized carbons (Fsp3) is 0.133. The Balaban J connectivity index is 1.76. The maximum Gasteiger partial charge on any atom is 0.170 e. The van der Waals surface area contributed by atoms with Gasteiger partial charge in [-0.25, -0.2) is 0 Å². The Morgan fingerprint density at radius 2 is 1.90 bits per heavy atom. The summed E-state index contributed by atoms with van der Waals surface area (Å²) < 4.78 is 1.25. The van der Waals surface area contributed by atoms with E-state index in [0.29, 0.717) is 5.11 Å². The Bertz CT molecular complexity index is 584. The fourth-order valence-electron chi connectivity index (χ4n) is 1.75. The molecule has 4 N–H and O–H groups in total. The number of anilines is 2. The van der Waals surface area contributed by atoms with Crippen LogP contribution in [0.5, 0.6) is 0 Å². The first-order valence-corrected chi connectivity index (χ1v) is 7.77. The molecule has 0 aliphatic heterocycles. The molecule has 3 nitrogen and oxygen atoms in total. The summed E-state index contributed by atoms with van der Waals surface area (Å²) in [4.78, 5) is 0. The zero-order valence-corrected chi connectivity index (χ0v) is 13.9. The lowest BCUT2D eigenvalue weighted by Gasteiger charge is -2.10. The zero-order chi connectivity index (χ0) is 14.4. The lowest BCUT2D eigenvalue weighted by molar-refractivity contribution is 0.873. The predicted molar refractivity (Wildman–Crippen MR) is 97.9 cm³/mol. The highest BCUT2D eigenvalue weighted by molar-refractivity contribution is 14.1. The number of thiocarbonyl (C=S) groups is 1. The van der Waals surface area contributed by atoms with Crippen molar-refractivity contribution in [3.8, 4) is 0 Å². The second-order valence-corrected chi connectivity index (χ2v) is 6.04. The van der Waals surface area contributed by atoms with Gasteiger partial charge in [0.05, 0.1) is 0 Å². The molecule has 0 unspecified atom stereocenters. The first-order valence-electron chi connectivity index (χ1n) is 6.28. The van der Waals surface area contributed by atoms with Crippen molar-refractivity contribution in [1.82, 2.24) is 5.32 Å². The van der Waals surface area contributed by atoms with Crippen LogP contribution in [-0.2, 0) is 6.42 Å². The number of nitrogen functional groups attached to an aromatic ring is 1. The van der Waals surface area contributed by atoms with Crippen LogP contribution in [-0.4, -0.2) is 11.7 Å². The molecule has 2 aromatic rings. The van der Waals surface area contributed by atoms with Gasteiger partial charge in [-0.3, -0.25) is 0 Å². The van der Waals surface area contributed by atoms with Gasteiger partial charge in [-0.2, -0.15) is 0 Å². The molecule has 0 amide bonds. The molecule has 0 aromatic heterocycles. The molecular weight excluding hydrogens is 381 g/mol. The minimum absolute atomic E-state index is 0.625. The highest BCUT2D eigenvalue weighted by atomic mass is 127. The molecule has 104 valence electrons. The normalized spacial score (nSPS) is 10.1. The van der Waals surface area contributed by atoms with Gasteiger partial charge in [-0.05, 0) is 83.2 Å². The molecule has 0 saturated carbocycles. The van der Waals surface area contributed by atoms with Gasteiger partial charge in [0.1, 0.15) is 0 Å². The van der Waals surface area contributed by atoms with Gasteiger partial charge in [0.15, 0.2) is 5.11 Å². The van der Waals surface area contributed by atoms with Crippen LogP contribution >= 0.6 is 34.8 Å². The molecule has 0 atom stereocenters. The number of benzene rings is 2. The highest BCUT2D eigenvalue weighted by Gasteiger charge is 1.98. The van der Waals surface area contributed by atoms with Crippen molar-refractivity contribution in [2.24, 2.45) is 0 Å². The van der Waals surface area contributed by atoms with Crippen LogP contribution in [0.2, 0.25) is 0 Å². The minimum atomic E-state index is 0.625. The van der Waals surface area contributed by atoms with Gasteiger partial charge >= 0.3 is 0 Å². The quantitative estimate of drug-likeness (QED) is 0.421. The summed E-state index contributed by atoms with van der Waals surface area (Å²) in [7, 11) is 0. The van der Waals surface area contributed by atoms with Gasteiger partial charge in [-0.15, -0.1) is 0 Å². The summed E-state index contributed by atoms with van der Waals surface area (Å²) in [5.74, 6) is 0. The molecule has 0 saturated heterocycles. The first kappa shape index (κ1) is 15.1. The topological polar surface area (TPSA) is 50.1 Å². The molecule has 0 bridgehead atoms. The van der Waals surface area contributed by atoms with E-state index in [-0.39, 0.29) is 0 Å². The molecule has 0 fully saturated rings. The minimum Gasteiger partial charge on any atom is -0.399 e. The largest absolute Gasteiger partial charge is 0.399 e. The van der Waals surface area contributed by atoms with E-state index >= 15 is 0 Å². The third kappa shape index (κ3) is 4.97. The van der Waals surface area contributed by atoms with Gasteiger partial charge in [0, 0.05) is 21.5 Å². The van der Waals surface area contributed by atoms with Crippen LogP contribution in [0.25, 0.3) is 0 Å². The van der Waals surface area contributed by atoms with Gasteiger partial charge < -0.3 is 16.4 Å². The second kappa shape index (κ2) is 7.44. The summed E-state index contributed by atoms with van der Waals surface area (Å²) in [6.07, 6.45) is 0.945. The van der Waals surface area contributed by atoms with Crippen LogP contribution < -0.4 is 16.4 Å². The van der Waals surface area contributed by atoms with Gasteiger partial charge in [-0.1, -0.05) is 12.1 Å². The van der Waals surface area contributed by atoms with Crippen molar-refractivity contribution in [1.29, 1.82) is 0 Å². The summed E-state index contributed by atoms with van der Waals surface area (Å²) in [6, 6.07) is 16.0. The van der Waals surface area contributed by atoms with E-state index in [2.05, 4.69) is 57.5 Å². The van der Waals surface area contributed by atoms with Crippen molar-refractivity contribution in [3.63, 3.8) is 0 Å². The standard InChI is InChI=1S/C15H16IN3S/c16-12-3-1-2-11(10-12)8-9-18-15(20)19-14-6-4-13(17)5-7-14/h1-7,10H,8-9,17H2,(H2,18,19,20). The molecular formula is C15H16IN3S. The summed E-state index contributed by atoms with van der Waals surface area (Å²) in [5.41, 5.74) is 8.62. The molecule has 0 aliphatic rings. The SMILES string of the molecule is Nc1ccc(NC(=S)NCCc2cccc(I)c2)cc1. The van der Waals surface area contributed by atoms with Crippen molar-refractivity contribution >= 4 is 51.3 Å². The van der Waals surface area contributed by atoms with Gasteiger partial charge in [0.2, 0.25) is 0 Å². The predicted octanol–water partition coefficient (Wildman–Crippen LogP) is 3.40. The van der Waals surface area contributed by atoms with Crippen LogP contribution in [0.4, 0.5) is 11.4 Å². The van der Waals surface area contributed by atoms with E-state index < -0.39 is 0 Å². The van der Waals surface area contributed by atoms with Crippen LogP contribution in [0.1, 0.15) is 5.56 Å². The fourth-order valence-corrected chi connectivity index (χ4v) is 2.58. The van der Waals surface area contributed by atoms with Crippen LogP contribution in [0, 0.1) is 3.57 Å².